The largest absolute Gasteiger partial charge is 0.439 e. The lowest BCUT2D eigenvalue weighted by atomic mass is 10.1. The van der Waals surface area contributed by atoms with Gasteiger partial charge in [-0.2, -0.15) is 0 Å². The van der Waals surface area contributed by atoms with Gasteiger partial charge in [0.15, 0.2) is 0 Å². The highest BCUT2D eigenvalue weighted by Gasteiger charge is 2.25. The number of carbonyl (C=O) groups is 1. The standard InChI is InChI=1S/C21H17N3O2/c25-21(23-16-9-3-1-4-10-16)24-15-22-20(18-13-7-8-14-19(18)24)26-17-11-5-2-6-12-17/h1-14H,15H2,(H,23,25). The minimum atomic E-state index is -0.230. The first-order valence-electron chi connectivity index (χ1n) is 8.31. The second-order valence-corrected chi connectivity index (χ2v) is 5.76. The Morgan fingerprint density at radius 2 is 1.54 bits per heavy atom. The molecule has 0 spiro atoms. The van der Waals surface area contributed by atoms with Gasteiger partial charge in [0.25, 0.3) is 0 Å². The molecular weight excluding hydrogens is 326 g/mol. The first-order chi connectivity index (χ1) is 12.8. The number of nitrogens with zero attached hydrogens (tertiary/aromatic N) is 2. The molecule has 1 N–H and O–H groups in total. The van der Waals surface area contributed by atoms with Crippen LogP contribution in [0, 0.1) is 0 Å². The number of rotatable bonds is 2. The number of anilines is 2. The van der Waals surface area contributed by atoms with Gasteiger partial charge in [-0.15, -0.1) is 0 Å². The van der Waals surface area contributed by atoms with Crippen molar-refractivity contribution in [3.8, 4) is 5.75 Å². The number of para-hydroxylation sites is 3. The predicted molar refractivity (Wildman–Crippen MR) is 103 cm³/mol. The molecule has 0 unspecified atom stereocenters. The van der Waals surface area contributed by atoms with Crippen molar-refractivity contribution in [1.82, 2.24) is 0 Å². The van der Waals surface area contributed by atoms with Crippen LogP contribution in [0.1, 0.15) is 5.56 Å². The van der Waals surface area contributed by atoms with Crippen LogP contribution < -0.4 is 15.0 Å². The second kappa shape index (κ2) is 7.11. The Bertz CT molecular complexity index is 940. The summed E-state index contributed by atoms with van der Waals surface area (Å²) in [5.41, 5.74) is 2.29. The maximum atomic E-state index is 12.7. The summed E-state index contributed by atoms with van der Waals surface area (Å²) in [5.74, 6) is 1.22. The fourth-order valence-electron chi connectivity index (χ4n) is 2.76. The Hall–Kier alpha value is -3.60. The summed E-state index contributed by atoms with van der Waals surface area (Å²) in [6, 6.07) is 26.2. The smallest absolute Gasteiger partial charge is 0.327 e. The molecular formula is C21H17N3O2. The molecule has 0 saturated carbocycles. The van der Waals surface area contributed by atoms with E-state index in [1.807, 2.05) is 84.9 Å². The van der Waals surface area contributed by atoms with E-state index in [1.165, 1.54) is 0 Å². The van der Waals surface area contributed by atoms with Crippen molar-refractivity contribution in [1.29, 1.82) is 0 Å². The molecule has 26 heavy (non-hydrogen) atoms. The number of hydrogen-bond donors (Lipinski definition) is 1. The SMILES string of the molecule is O=C(Nc1ccccc1)N1CN=C(Oc2ccccc2)c2ccccc21. The number of nitrogens with one attached hydrogen (secondary N) is 1. The zero-order valence-corrected chi connectivity index (χ0v) is 14.0. The molecule has 0 atom stereocenters. The molecule has 0 radical (unpaired) electrons. The van der Waals surface area contributed by atoms with Crippen LogP contribution in [-0.2, 0) is 0 Å². The molecule has 2 amide bonds. The number of hydrogen-bond acceptors (Lipinski definition) is 3. The molecule has 3 aromatic carbocycles. The normalized spacial score (nSPS) is 12.8. The molecule has 5 nitrogen and oxygen atoms in total. The van der Waals surface area contributed by atoms with Gasteiger partial charge in [-0.1, -0.05) is 48.5 Å². The fraction of sp³-hybridized carbons (Fsp3) is 0.0476. The summed E-state index contributed by atoms with van der Waals surface area (Å²) < 4.78 is 5.92. The van der Waals surface area contributed by atoms with Gasteiger partial charge in [0.05, 0.1) is 11.3 Å². The van der Waals surface area contributed by atoms with Gasteiger partial charge >= 0.3 is 6.03 Å². The number of urea groups is 1. The molecule has 0 bridgehead atoms. The van der Waals surface area contributed by atoms with Crippen LogP contribution in [0.25, 0.3) is 0 Å². The second-order valence-electron chi connectivity index (χ2n) is 5.76. The molecule has 5 heteroatoms. The highest BCUT2D eigenvalue weighted by molar-refractivity contribution is 6.10. The van der Waals surface area contributed by atoms with E-state index >= 15 is 0 Å². The Morgan fingerprint density at radius 3 is 2.31 bits per heavy atom. The predicted octanol–water partition coefficient (Wildman–Crippen LogP) is 4.52. The maximum Gasteiger partial charge on any atom is 0.327 e. The van der Waals surface area contributed by atoms with Gasteiger partial charge in [0.1, 0.15) is 12.4 Å². The molecule has 4 rings (SSSR count). The monoisotopic (exact) mass is 343 g/mol. The summed E-state index contributed by atoms with van der Waals surface area (Å²) >= 11 is 0. The van der Waals surface area contributed by atoms with Gasteiger partial charge < -0.3 is 10.1 Å². The summed E-state index contributed by atoms with van der Waals surface area (Å²) in [6.07, 6.45) is 0. The Balaban J connectivity index is 1.59. The third kappa shape index (κ3) is 3.28. The van der Waals surface area contributed by atoms with Crippen molar-refractivity contribution in [2.24, 2.45) is 4.99 Å². The van der Waals surface area contributed by atoms with E-state index in [0.717, 1.165) is 16.9 Å². The van der Waals surface area contributed by atoms with E-state index in [4.69, 9.17) is 4.74 Å². The van der Waals surface area contributed by atoms with E-state index in [-0.39, 0.29) is 12.7 Å². The number of benzene rings is 3. The van der Waals surface area contributed by atoms with Gasteiger partial charge in [-0.05, 0) is 36.4 Å². The fourth-order valence-corrected chi connectivity index (χ4v) is 2.76. The van der Waals surface area contributed by atoms with Crippen LogP contribution in [-0.4, -0.2) is 18.6 Å². The molecule has 128 valence electrons. The van der Waals surface area contributed by atoms with Gasteiger partial charge in [0, 0.05) is 5.69 Å². The quantitative estimate of drug-likeness (QED) is 0.744. The summed E-state index contributed by atoms with van der Waals surface area (Å²) in [6.45, 7) is 0.192. The van der Waals surface area contributed by atoms with Gasteiger partial charge in [-0.25, -0.2) is 9.79 Å². The number of carbonyl (C=O) groups excluding carboxylic acids is 1. The van der Waals surface area contributed by atoms with E-state index in [9.17, 15) is 4.79 Å². The summed E-state index contributed by atoms with van der Waals surface area (Å²) in [7, 11) is 0. The van der Waals surface area contributed by atoms with Crippen LogP contribution in [0.4, 0.5) is 16.2 Å². The van der Waals surface area contributed by atoms with Gasteiger partial charge in [0.2, 0.25) is 5.90 Å². The average Bonchev–Trinajstić information content (AvgIpc) is 2.70. The van der Waals surface area contributed by atoms with Crippen molar-refractivity contribution in [2.75, 3.05) is 16.9 Å². The van der Waals surface area contributed by atoms with Crippen LogP contribution in [0.3, 0.4) is 0 Å². The molecule has 0 aromatic heterocycles. The molecule has 3 aromatic rings. The third-order valence-electron chi connectivity index (χ3n) is 4.01. The number of ether oxygens (including phenoxy) is 1. The summed E-state index contributed by atoms with van der Waals surface area (Å²) in [4.78, 5) is 18.8. The molecule has 0 saturated heterocycles. The average molecular weight is 343 g/mol. The van der Waals surface area contributed by atoms with E-state index < -0.39 is 0 Å². The van der Waals surface area contributed by atoms with Crippen LogP contribution in [0.15, 0.2) is 89.9 Å². The highest BCUT2D eigenvalue weighted by atomic mass is 16.5. The summed E-state index contributed by atoms with van der Waals surface area (Å²) in [5, 5.41) is 2.89. The number of amides is 2. The van der Waals surface area contributed by atoms with Crippen LogP contribution in [0.2, 0.25) is 0 Å². The highest BCUT2D eigenvalue weighted by Crippen LogP contribution is 2.27. The Kier molecular flexibility index (Phi) is 4.35. The number of fused-ring (bicyclic) bond motifs is 1. The lowest BCUT2D eigenvalue weighted by Crippen LogP contribution is -2.39. The molecule has 0 fully saturated rings. The number of aliphatic imine (C=N–C) groups is 1. The van der Waals surface area contributed by atoms with Crippen molar-refractivity contribution >= 4 is 23.3 Å². The lowest BCUT2D eigenvalue weighted by molar-refractivity contribution is 0.257. The first-order valence-corrected chi connectivity index (χ1v) is 8.31. The minimum Gasteiger partial charge on any atom is -0.439 e. The molecule has 1 aliphatic heterocycles. The maximum absolute atomic E-state index is 12.7. The molecule has 1 aliphatic rings. The van der Waals surface area contributed by atoms with Crippen molar-refractivity contribution in [3.05, 3.63) is 90.5 Å². The zero-order valence-electron chi connectivity index (χ0n) is 14.0. The Labute approximate surface area is 151 Å². The van der Waals surface area contributed by atoms with Crippen LogP contribution >= 0.6 is 0 Å². The Morgan fingerprint density at radius 1 is 0.885 bits per heavy atom. The minimum absolute atomic E-state index is 0.192. The molecule has 0 aliphatic carbocycles. The van der Waals surface area contributed by atoms with Crippen molar-refractivity contribution < 1.29 is 9.53 Å². The first kappa shape index (κ1) is 15.9. The van der Waals surface area contributed by atoms with E-state index in [2.05, 4.69) is 10.3 Å². The molecule has 1 heterocycles. The van der Waals surface area contributed by atoms with Crippen molar-refractivity contribution in [2.45, 2.75) is 0 Å². The van der Waals surface area contributed by atoms with E-state index in [1.54, 1.807) is 4.90 Å². The zero-order chi connectivity index (χ0) is 17.8. The van der Waals surface area contributed by atoms with Gasteiger partial charge in [-0.3, -0.25) is 4.90 Å². The van der Waals surface area contributed by atoms with Crippen molar-refractivity contribution in [3.63, 3.8) is 0 Å². The third-order valence-corrected chi connectivity index (χ3v) is 4.01. The topological polar surface area (TPSA) is 53.9 Å². The lowest BCUT2D eigenvalue weighted by Gasteiger charge is -2.28. The van der Waals surface area contributed by atoms with Crippen LogP contribution in [0.5, 0.6) is 5.75 Å². The van der Waals surface area contributed by atoms with E-state index in [0.29, 0.717) is 11.6 Å².